The third-order valence-electron chi connectivity index (χ3n) is 4.73. The number of amides is 2. The fraction of sp³-hybridized carbons (Fsp3) is 0.333. The molecule has 0 atom stereocenters. The summed E-state index contributed by atoms with van der Waals surface area (Å²) in [7, 11) is 0. The van der Waals surface area contributed by atoms with Crippen molar-refractivity contribution in [3.63, 3.8) is 0 Å². The molecule has 0 aliphatic carbocycles. The van der Waals surface area contributed by atoms with Crippen LogP contribution in [0, 0.1) is 6.92 Å². The van der Waals surface area contributed by atoms with Crippen LogP contribution in [0.15, 0.2) is 48.5 Å². The van der Waals surface area contributed by atoms with Gasteiger partial charge in [-0.15, -0.1) is 0 Å². The lowest BCUT2D eigenvalue weighted by atomic mass is 10.1. The Morgan fingerprint density at radius 2 is 1.58 bits per heavy atom. The van der Waals surface area contributed by atoms with E-state index in [0.29, 0.717) is 43.2 Å². The van der Waals surface area contributed by atoms with Crippen molar-refractivity contribution in [2.75, 3.05) is 26.2 Å². The van der Waals surface area contributed by atoms with Crippen molar-refractivity contribution in [1.82, 2.24) is 9.80 Å². The first-order valence-electron chi connectivity index (χ1n) is 8.92. The summed E-state index contributed by atoms with van der Waals surface area (Å²) in [5, 5.41) is 0.617. The van der Waals surface area contributed by atoms with Gasteiger partial charge >= 0.3 is 0 Å². The molecule has 1 fully saturated rings. The van der Waals surface area contributed by atoms with Crippen molar-refractivity contribution in [3.05, 3.63) is 70.2 Å². The summed E-state index contributed by atoms with van der Waals surface area (Å²) in [5.41, 5.74) is 2.68. The zero-order valence-electron chi connectivity index (χ0n) is 15.0. The van der Waals surface area contributed by atoms with E-state index in [4.69, 9.17) is 11.6 Å². The van der Waals surface area contributed by atoms with E-state index in [1.807, 2.05) is 59.2 Å². The van der Waals surface area contributed by atoms with E-state index in [2.05, 4.69) is 0 Å². The molecule has 0 unspecified atom stereocenters. The van der Waals surface area contributed by atoms with Crippen LogP contribution in [0.1, 0.15) is 27.9 Å². The van der Waals surface area contributed by atoms with Gasteiger partial charge < -0.3 is 9.80 Å². The third-order valence-corrected chi connectivity index (χ3v) is 5.10. The molecule has 5 heteroatoms. The minimum absolute atomic E-state index is 0.0328. The van der Waals surface area contributed by atoms with Gasteiger partial charge in [-0.1, -0.05) is 47.5 Å². The number of benzene rings is 2. The highest BCUT2D eigenvalue weighted by Crippen LogP contribution is 2.17. The highest BCUT2D eigenvalue weighted by atomic mass is 35.5. The summed E-state index contributed by atoms with van der Waals surface area (Å²) in [6.45, 7) is 4.45. The number of hydrogen-bond acceptors (Lipinski definition) is 2. The van der Waals surface area contributed by atoms with Crippen LogP contribution in [-0.2, 0) is 11.2 Å². The highest BCUT2D eigenvalue weighted by Gasteiger charge is 2.23. The Morgan fingerprint density at radius 3 is 2.31 bits per heavy atom. The maximum absolute atomic E-state index is 12.7. The molecular formula is C21H23ClN2O2. The number of rotatable bonds is 3. The molecule has 2 aromatic carbocycles. The largest absolute Gasteiger partial charge is 0.341 e. The van der Waals surface area contributed by atoms with Crippen LogP contribution in [-0.4, -0.2) is 47.8 Å². The van der Waals surface area contributed by atoms with Gasteiger partial charge in [0.05, 0.1) is 6.42 Å². The predicted molar refractivity (Wildman–Crippen MR) is 103 cm³/mol. The fourth-order valence-corrected chi connectivity index (χ4v) is 3.37. The molecule has 1 aliphatic rings. The Hall–Kier alpha value is -2.33. The second kappa shape index (κ2) is 8.37. The molecule has 2 amide bonds. The molecule has 0 aromatic heterocycles. The Kier molecular flexibility index (Phi) is 5.94. The van der Waals surface area contributed by atoms with Crippen LogP contribution in [0.2, 0.25) is 5.02 Å². The van der Waals surface area contributed by atoms with Gasteiger partial charge in [-0.2, -0.15) is 0 Å². The third kappa shape index (κ3) is 4.44. The Labute approximate surface area is 159 Å². The van der Waals surface area contributed by atoms with Gasteiger partial charge in [0, 0.05) is 36.8 Å². The lowest BCUT2D eigenvalue weighted by Crippen LogP contribution is -2.38. The average molecular weight is 371 g/mol. The molecule has 1 heterocycles. The number of aryl methyl sites for hydroxylation is 1. The Bertz CT molecular complexity index is 789. The molecule has 26 heavy (non-hydrogen) atoms. The van der Waals surface area contributed by atoms with Crippen molar-refractivity contribution < 1.29 is 9.59 Å². The lowest BCUT2D eigenvalue weighted by molar-refractivity contribution is -0.130. The summed E-state index contributed by atoms with van der Waals surface area (Å²) >= 11 is 6.16. The molecule has 0 radical (unpaired) electrons. The lowest BCUT2D eigenvalue weighted by Gasteiger charge is -2.22. The standard InChI is InChI=1S/C21H23ClN2O2/c1-16-7-9-17(10-8-16)21(26)24-12-4-11-23(13-14-24)20(25)15-18-5-2-3-6-19(18)22/h2-3,5-10H,4,11-15H2,1H3. The number of halogens is 1. The van der Waals surface area contributed by atoms with Crippen LogP contribution in [0.4, 0.5) is 0 Å². The van der Waals surface area contributed by atoms with E-state index < -0.39 is 0 Å². The zero-order chi connectivity index (χ0) is 18.5. The van der Waals surface area contributed by atoms with Crippen molar-refractivity contribution in [2.24, 2.45) is 0 Å². The molecule has 4 nitrogen and oxygen atoms in total. The molecule has 136 valence electrons. The maximum atomic E-state index is 12.7. The number of carbonyl (C=O) groups is 2. The van der Waals surface area contributed by atoms with Gasteiger partial charge in [-0.05, 0) is 37.1 Å². The summed E-state index contributed by atoms with van der Waals surface area (Å²) in [4.78, 5) is 29.0. The molecule has 0 N–H and O–H groups in total. The van der Waals surface area contributed by atoms with Gasteiger partial charge in [0.15, 0.2) is 0 Å². The SMILES string of the molecule is Cc1ccc(C(=O)N2CCCN(C(=O)Cc3ccccc3Cl)CC2)cc1. The molecule has 0 bridgehead atoms. The number of hydrogen-bond donors (Lipinski definition) is 0. The maximum Gasteiger partial charge on any atom is 0.253 e. The highest BCUT2D eigenvalue weighted by molar-refractivity contribution is 6.31. The van der Waals surface area contributed by atoms with Crippen molar-refractivity contribution in [3.8, 4) is 0 Å². The van der Waals surface area contributed by atoms with Crippen molar-refractivity contribution in [1.29, 1.82) is 0 Å². The first-order valence-corrected chi connectivity index (χ1v) is 9.29. The molecule has 2 aromatic rings. The quantitative estimate of drug-likeness (QED) is 0.828. The minimum atomic E-state index is 0.0328. The van der Waals surface area contributed by atoms with Gasteiger partial charge in [0.2, 0.25) is 5.91 Å². The van der Waals surface area contributed by atoms with Crippen LogP contribution < -0.4 is 0 Å². The van der Waals surface area contributed by atoms with E-state index in [1.54, 1.807) is 6.07 Å². The predicted octanol–water partition coefficient (Wildman–Crippen LogP) is 3.57. The molecule has 1 saturated heterocycles. The second-order valence-corrected chi connectivity index (χ2v) is 7.07. The van der Waals surface area contributed by atoms with Crippen LogP contribution in [0.25, 0.3) is 0 Å². The average Bonchev–Trinajstić information content (AvgIpc) is 2.90. The van der Waals surface area contributed by atoms with Crippen LogP contribution in [0.5, 0.6) is 0 Å². The minimum Gasteiger partial charge on any atom is -0.341 e. The van der Waals surface area contributed by atoms with E-state index in [9.17, 15) is 9.59 Å². The monoisotopic (exact) mass is 370 g/mol. The number of carbonyl (C=O) groups excluding carboxylic acids is 2. The fourth-order valence-electron chi connectivity index (χ4n) is 3.17. The van der Waals surface area contributed by atoms with E-state index in [1.165, 1.54) is 0 Å². The summed E-state index contributed by atoms with van der Waals surface area (Å²) in [6.07, 6.45) is 1.08. The van der Waals surface area contributed by atoms with E-state index in [0.717, 1.165) is 17.5 Å². The van der Waals surface area contributed by atoms with Crippen LogP contribution >= 0.6 is 11.6 Å². The summed E-state index contributed by atoms with van der Waals surface area (Å²) < 4.78 is 0. The Morgan fingerprint density at radius 1 is 0.923 bits per heavy atom. The number of nitrogens with zero attached hydrogens (tertiary/aromatic N) is 2. The van der Waals surface area contributed by atoms with E-state index in [-0.39, 0.29) is 11.8 Å². The van der Waals surface area contributed by atoms with Crippen molar-refractivity contribution >= 4 is 23.4 Å². The van der Waals surface area contributed by atoms with Crippen molar-refractivity contribution in [2.45, 2.75) is 19.8 Å². The van der Waals surface area contributed by atoms with Gasteiger partial charge in [-0.3, -0.25) is 9.59 Å². The summed E-state index contributed by atoms with van der Waals surface area (Å²) in [5.74, 6) is 0.0909. The molecule has 1 aliphatic heterocycles. The van der Waals surface area contributed by atoms with E-state index >= 15 is 0 Å². The molecule has 3 rings (SSSR count). The summed E-state index contributed by atoms with van der Waals surface area (Å²) in [6, 6.07) is 15.1. The molecule has 0 spiro atoms. The zero-order valence-corrected chi connectivity index (χ0v) is 15.7. The van der Waals surface area contributed by atoms with Gasteiger partial charge in [0.25, 0.3) is 5.91 Å². The normalized spacial score (nSPS) is 14.8. The second-order valence-electron chi connectivity index (χ2n) is 6.66. The van der Waals surface area contributed by atoms with Gasteiger partial charge in [-0.25, -0.2) is 0 Å². The topological polar surface area (TPSA) is 40.6 Å². The Balaban J connectivity index is 1.61. The first kappa shape index (κ1) is 18.5. The smallest absolute Gasteiger partial charge is 0.253 e. The molecule has 0 saturated carbocycles. The van der Waals surface area contributed by atoms with Gasteiger partial charge in [0.1, 0.15) is 0 Å². The first-order chi connectivity index (χ1) is 12.5. The molecular weight excluding hydrogens is 348 g/mol. The van der Waals surface area contributed by atoms with Crippen LogP contribution in [0.3, 0.4) is 0 Å².